The van der Waals surface area contributed by atoms with Crippen LogP contribution in [0.3, 0.4) is 0 Å². The average molecular weight is 685 g/mol. The lowest BCUT2D eigenvalue weighted by atomic mass is 9.55. The molecule has 3 aromatic carbocycles. The van der Waals surface area contributed by atoms with Gasteiger partial charge in [-0.25, -0.2) is 8.42 Å². The topological polar surface area (TPSA) is 63.6 Å². The van der Waals surface area contributed by atoms with E-state index in [0.717, 1.165) is 38.0 Å². The first-order chi connectivity index (χ1) is 23.3. The molecule has 0 bridgehead atoms. The molecule has 1 fully saturated rings. The van der Waals surface area contributed by atoms with Gasteiger partial charge in [0.05, 0.1) is 22.0 Å². The van der Waals surface area contributed by atoms with Crippen LogP contribution in [0.5, 0.6) is 5.75 Å². The Labute approximate surface area is 297 Å². The molecule has 0 radical (unpaired) electrons. The Morgan fingerprint density at radius 2 is 1.39 bits per heavy atom. The van der Waals surface area contributed by atoms with Gasteiger partial charge >= 0.3 is 0 Å². The van der Waals surface area contributed by atoms with E-state index in [-0.39, 0.29) is 27.1 Å². The van der Waals surface area contributed by atoms with E-state index in [1.54, 1.807) is 12.1 Å². The van der Waals surface area contributed by atoms with Crippen LogP contribution in [-0.2, 0) is 20.0 Å². The van der Waals surface area contributed by atoms with E-state index in [0.29, 0.717) is 17.4 Å². The van der Waals surface area contributed by atoms with Crippen LogP contribution in [0.25, 0.3) is 0 Å². The van der Waals surface area contributed by atoms with Gasteiger partial charge in [-0.3, -0.25) is 0 Å². The van der Waals surface area contributed by atoms with E-state index >= 15 is 0 Å². The van der Waals surface area contributed by atoms with Crippen molar-refractivity contribution in [3.05, 3.63) is 113 Å². The summed E-state index contributed by atoms with van der Waals surface area (Å²) in [6, 6.07) is 22.0. The summed E-state index contributed by atoms with van der Waals surface area (Å²) in [5.41, 5.74) is 6.01. The quantitative estimate of drug-likeness (QED) is 0.218. The van der Waals surface area contributed by atoms with Crippen molar-refractivity contribution in [2.24, 2.45) is 11.3 Å². The molecule has 0 saturated heterocycles. The first-order valence-corrected chi connectivity index (χ1v) is 20.0. The molecule has 2 aliphatic carbocycles. The number of ether oxygens (including phenoxy) is 1. The lowest BCUT2D eigenvalue weighted by molar-refractivity contribution is 0.00981. The summed E-state index contributed by atoms with van der Waals surface area (Å²) in [5, 5.41) is 9.25. The molecule has 1 N–H and O–H groups in total. The van der Waals surface area contributed by atoms with E-state index in [1.807, 2.05) is 12.1 Å². The molecular weight excluding hydrogens is 625 g/mol. The van der Waals surface area contributed by atoms with Crippen molar-refractivity contribution in [1.82, 2.24) is 0 Å². The molecule has 3 aromatic rings. The standard InChI is InChI=1S/C27H40O.C17H20O3S/c1-7-24(8-2)28-25-15-13-23(14-16-25)27(22-11-9-20(3)10-12-22)18-21(4)17-26(5,6)19-27;1-3-13(4-2)14-5-9-16(10-6-14)21(19,20)17-11-7-15(18)8-12-17/h9-15,21,24-25H,7-8,16-19H2,1-6H3;5-13,18H,3-4H2,1-2H3. The number of phenolic OH excluding ortho intramolecular Hbond substituents is 1. The largest absolute Gasteiger partial charge is 0.508 e. The normalized spacial score (nSPS) is 22.0. The Balaban J connectivity index is 0.000000230. The molecule has 3 atom stereocenters. The van der Waals surface area contributed by atoms with Gasteiger partial charge in [0, 0.05) is 5.41 Å². The highest BCUT2D eigenvalue weighted by atomic mass is 32.2. The molecule has 0 spiro atoms. The maximum Gasteiger partial charge on any atom is 0.206 e. The Morgan fingerprint density at radius 1 is 0.816 bits per heavy atom. The summed E-state index contributed by atoms with van der Waals surface area (Å²) < 4.78 is 31.3. The van der Waals surface area contributed by atoms with E-state index in [4.69, 9.17) is 4.74 Å². The third-order valence-electron chi connectivity index (χ3n) is 10.7. The van der Waals surface area contributed by atoms with Crippen LogP contribution in [0.4, 0.5) is 0 Å². The number of aromatic hydroxyl groups is 1. The van der Waals surface area contributed by atoms with Crippen molar-refractivity contribution in [2.45, 2.75) is 140 Å². The lowest BCUT2D eigenvalue weighted by Gasteiger charge is -2.49. The second-order valence-electron chi connectivity index (χ2n) is 15.2. The average Bonchev–Trinajstić information content (AvgIpc) is 3.08. The van der Waals surface area contributed by atoms with Crippen LogP contribution in [-0.4, -0.2) is 25.7 Å². The van der Waals surface area contributed by atoms with Crippen LogP contribution >= 0.6 is 0 Å². The molecule has 0 aliphatic heterocycles. The van der Waals surface area contributed by atoms with Gasteiger partial charge in [-0.2, -0.15) is 0 Å². The second-order valence-corrected chi connectivity index (χ2v) is 17.2. The number of hydrogen-bond acceptors (Lipinski definition) is 4. The number of phenols is 1. The van der Waals surface area contributed by atoms with Crippen molar-refractivity contribution in [1.29, 1.82) is 0 Å². The second kappa shape index (κ2) is 16.7. The molecule has 5 heteroatoms. The van der Waals surface area contributed by atoms with E-state index in [2.05, 4.69) is 97.9 Å². The maximum atomic E-state index is 12.5. The molecule has 5 rings (SSSR count). The molecule has 4 nitrogen and oxygen atoms in total. The minimum absolute atomic E-state index is 0.0537. The fourth-order valence-corrected chi connectivity index (χ4v) is 9.54. The summed E-state index contributed by atoms with van der Waals surface area (Å²) in [6.45, 7) is 18.2. The van der Waals surface area contributed by atoms with Gasteiger partial charge in [0.2, 0.25) is 9.84 Å². The Kier molecular flexibility index (Phi) is 13.2. The van der Waals surface area contributed by atoms with Gasteiger partial charge in [0.25, 0.3) is 0 Å². The molecule has 266 valence electrons. The highest BCUT2D eigenvalue weighted by Crippen LogP contribution is 2.54. The smallest absolute Gasteiger partial charge is 0.206 e. The minimum Gasteiger partial charge on any atom is -0.508 e. The monoisotopic (exact) mass is 684 g/mol. The molecule has 0 heterocycles. The molecule has 2 aliphatic rings. The molecule has 49 heavy (non-hydrogen) atoms. The van der Waals surface area contributed by atoms with Crippen molar-refractivity contribution in [3.8, 4) is 5.75 Å². The van der Waals surface area contributed by atoms with E-state index in [1.165, 1.54) is 65.8 Å². The third kappa shape index (κ3) is 9.55. The summed E-state index contributed by atoms with van der Waals surface area (Å²) in [6.07, 6.45) is 16.9. The SMILES string of the molecule is CCC(CC)OC1C=CC(C2(c3ccc(C)cc3)CC(C)CC(C)(C)C2)=CC1.CCC(CC)c1ccc(S(=O)(=O)c2ccc(O)cc2)cc1. The van der Waals surface area contributed by atoms with Crippen LogP contribution in [0.1, 0.15) is 122 Å². The zero-order valence-electron chi connectivity index (χ0n) is 31.2. The van der Waals surface area contributed by atoms with E-state index < -0.39 is 9.84 Å². The zero-order chi connectivity index (χ0) is 35.8. The van der Waals surface area contributed by atoms with Gasteiger partial charge in [-0.15, -0.1) is 0 Å². The van der Waals surface area contributed by atoms with Gasteiger partial charge in [0.15, 0.2) is 0 Å². The molecule has 0 aromatic heterocycles. The predicted molar refractivity (Wildman–Crippen MR) is 204 cm³/mol. The van der Waals surface area contributed by atoms with Crippen LogP contribution in [0.2, 0.25) is 0 Å². The van der Waals surface area contributed by atoms with Crippen LogP contribution < -0.4 is 0 Å². The fraction of sp³-hybridized carbons (Fsp3) is 0.500. The van der Waals surface area contributed by atoms with Crippen molar-refractivity contribution in [3.63, 3.8) is 0 Å². The third-order valence-corrected chi connectivity index (χ3v) is 12.5. The van der Waals surface area contributed by atoms with Crippen LogP contribution in [0, 0.1) is 18.3 Å². The Hall–Kier alpha value is -3.15. The van der Waals surface area contributed by atoms with Crippen molar-refractivity contribution in [2.75, 3.05) is 0 Å². The van der Waals surface area contributed by atoms with Crippen LogP contribution in [0.15, 0.2) is 106 Å². The number of benzene rings is 3. The number of sulfone groups is 1. The van der Waals surface area contributed by atoms with Crippen molar-refractivity contribution < 1.29 is 18.3 Å². The van der Waals surface area contributed by atoms with Gasteiger partial charge in [-0.05, 0) is 129 Å². The fourth-order valence-electron chi connectivity index (χ4n) is 8.28. The minimum atomic E-state index is -3.52. The highest BCUT2D eigenvalue weighted by Gasteiger charge is 2.46. The van der Waals surface area contributed by atoms with E-state index in [9.17, 15) is 13.5 Å². The predicted octanol–water partition coefficient (Wildman–Crippen LogP) is 11.7. The molecule has 3 unspecified atom stereocenters. The zero-order valence-corrected chi connectivity index (χ0v) is 32.0. The molecule has 1 saturated carbocycles. The Bertz CT molecular complexity index is 1640. The number of rotatable bonds is 11. The number of aryl methyl sites for hydroxylation is 1. The summed E-state index contributed by atoms with van der Waals surface area (Å²) >= 11 is 0. The maximum absolute atomic E-state index is 12.5. The lowest BCUT2D eigenvalue weighted by Crippen LogP contribution is -2.41. The first-order valence-electron chi connectivity index (χ1n) is 18.5. The molecule has 0 amide bonds. The highest BCUT2D eigenvalue weighted by molar-refractivity contribution is 7.91. The van der Waals surface area contributed by atoms with Gasteiger partial charge < -0.3 is 9.84 Å². The summed E-state index contributed by atoms with van der Waals surface area (Å²) in [4.78, 5) is 0.471. The van der Waals surface area contributed by atoms with Gasteiger partial charge in [-0.1, -0.05) is 109 Å². The van der Waals surface area contributed by atoms with Crippen molar-refractivity contribution >= 4 is 9.84 Å². The summed E-state index contributed by atoms with van der Waals surface area (Å²) in [7, 11) is -3.52. The Morgan fingerprint density at radius 3 is 1.88 bits per heavy atom. The molecular formula is C44H60O4S. The number of hydrogen-bond donors (Lipinski definition) is 1. The number of allylic oxidation sites excluding steroid dienone is 2. The summed E-state index contributed by atoms with van der Waals surface area (Å²) in [5.74, 6) is 1.26. The first kappa shape index (κ1) is 38.6. The van der Waals surface area contributed by atoms with Gasteiger partial charge in [0.1, 0.15) is 5.75 Å².